The maximum Gasteiger partial charge on any atom is 0.131 e. The summed E-state index contributed by atoms with van der Waals surface area (Å²) < 4.78 is 5.23. The second-order valence-corrected chi connectivity index (χ2v) is 6.80. The Labute approximate surface area is 175 Å². The van der Waals surface area contributed by atoms with Crippen molar-refractivity contribution < 1.29 is 14.9 Å². The van der Waals surface area contributed by atoms with Gasteiger partial charge in [-0.15, -0.1) is 0 Å². The minimum Gasteiger partial charge on any atom is -0.507 e. The Bertz CT molecular complexity index is 1130. The number of phenolic OH excluding ortho intramolecular Hbond substituents is 2. The van der Waals surface area contributed by atoms with E-state index in [0.717, 1.165) is 11.1 Å². The molecule has 0 aromatic heterocycles. The highest BCUT2D eigenvalue weighted by atomic mass is 16.5. The fourth-order valence-electron chi connectivity index (χ4n) is 3.28. The van der Waals surface area contributed by atoms with Crippen molar-refractivity contribution in [3.63, 3.8) is 0 Å². The number of aromatic hydroxyl groups is 2. The van der Waals surface area contributed by atoms with Crippen LogP contribution in [0.5, 0.6) is 17.2 Å². The van der Waals surface area contributed by atoms with Crippen molar-refractivity contribution in [3.8, 4) is 39.5 Å². The average molecular weight is 395 g/mol. The number of benzene rings is 4. The van der Waals surface area contributed by atoms with Crippen LogP contribution < -0.4 is 4.74 Å². The molecule has 0 spiro atoms. The summed E-state index contributed by atoms with van der Waals surface area (Å²) in [5.74, 6) is 0.954. The summed E-state index contributed by atoms with van der Waals surface area (Å²) in [6, 6.07) is 28.1. The van der Waals surface area contributed by atoms with Crippen molar-refractivity contribution in [2.45, 2.75) is 0 Å². The first-order valence-electron chi connectivity index (χ1n) is 9.54. The average Bonchev–Trinajstić information content (AvgIpc) is 2.80. The lowest BCUT2D eigenvalue weighted by molar-refractivity contribution is 0.412. The molecule has 0 saturated heterocycles. The van der Waals surface area contributed by atoms with E-state index in [1.807, 2.05) is 72.8 Å². The molecule has 4 aromatic rings. The summed E-state index contributed by atoms with van der Waals surface area (Å²) in [7, 11) is 1.57. The molecule has 0 aliphatic carbocycles. The van der Waals surface area contributed by atoms with E-state index in [1.54, 1.807) is 31.5 Å². The van der Waals surface area contributed by atoms with Crippen molar-refractivity contribution >= 4 is 11.9 Å². The van der Waals surface area contributed by atoms with Gasteiger partial charge in [0.05, 0.1) is 12.8 Å². The highest BCUT2D eigenvalue weighted by Gasteiger charge is 2.13. The van der Waals surface area contributed by atoms with Gasteiger partial charge in [-0.1, -0.05) is 60.7 Å². The monoisotopic (exact) mass is 395 g/mol. The van der Waals surface area contributed by atoms with Crippen LogP contribution in [0.3, 0.4) is 0 Å². The van der Waals surface area contributed by atoms with Gasteiger partial charge in [-0.05, 0) is 41.5 Å². The summed E-state index contributed by atoms with van der Waals surface area (Å²) in [6.45, 7) is 0. The summed E-state index contributed by atoms with van der Waals surface area (Å²) in [5.41, 5.74) is 4.39. The Morgan fingerprint density at radius 2 is 1.30 bits per heavy atom. The summed E-state index contributed by atoms with van der Waals surface area (Å²) >= 11 is 0. The molecule has 30 heavy (non-hydrogen) atoms. The quantitative estimate of drug-likeness (QED) is 0.396. The Hall–Kier alpha value is -4.05. The molecule has 0 fully saturated rings. The first-order chi connectivity index (χ1) is 14.7. The highest BCUT2D eigenvalue weighted by molar-refractivity contribution is 5.89. The van der Waals surface area contributed by atoms with Gasteiger partial charge in [0, 0.05) is 22.9 Å². The summed E-state index contributed by atoms with van der Waals surface area (Å²) in [5, 5.41) is 21.1. The summed E-state index contributed by atoms with van der Waals surface area (Å²) in [4.78, 5) is 4.57. The van der Waals surface area contributed by atoms with Gasteiger partial charge in [0.15, 0.2) is 0 Å². The minimum atomic E-state index is 0.116. The predicted octanol–water partition coefficient (Wildman–Crippen LogP) is 6.19. The lowest BCUT2D eigenvalue weighted by atomic mass is 9.96. The van der Waals surface area contributed by atoms with Gasteiger partial charge < -0.3 is 14.9 Å². The zero-order chi connectivity index (χ0) is 20.9. The molecule has 2 N–H and O–H groups in total. The molecule has 0 aliphatic rings. The zero-order valence-corrected chi connectivity index (χ0v) is 16.5. The fraction of sp³-hybridized carbons (Fsp3) is 0.0385. The van der Waals surface area contributed by atoms with Gasteiger partial charge in [-0.2, -0.15) is 0 Å². The van der Waals surface area contributed by atoms with Crippen LogP contribution in [0, 0.1) is 0 Å². The first-order valence-corrected chi connectivity index (χ1v) is 9.54. The molecular formula is C26H21NO3. The van der Waals surface area contributed by atoms with Gasteiger partial charge in [0.2, 0.25) is 0 Å². The van der Waals surface area contributed by atoms with E-state index in [4.69, 9.17) is 4.74 Å². The molecule has 0 unspecified atom stereocenters. The Balaban J connectivity index is 1.84. The van der Waals surface area contributed by atoms with Crippen LogP contribution in [0.25, 0.3) is 22.3 Å². The number of rotatable bonds is 5. The van der Waals surface area contributed by atoms with Crippen LogP contribution in [0.15, 0.2) is 96.0 Å². The number of aliphatic imine (C=N–C) groups is 1. The number of methoxy groups -OCH3 is 1. The predicted molar refractivity (Wildman–Crippen MR) is 121 cm³/mol. The minimum absolute atomic E-state index is 0.116. The van der Waals surface area contributed by atoms with E-state index >= 15 is 0 Å². The molecule has 4 aromatic carbocycles. The number of nitrogens with zero attached hydrogens (tertiary/aromatic N) is 1. The SMILES string of the molecule is COc1ccc(O)c(C=Nc2cc(-c3ccccc3)c(O)c(-c3ccccc3)c2)c1. The van der Waals surface area contributed by atoms with Crippen LogP contribution in [-0.2, 0) is 0 Å². The van der Waals surface area contributed by atoms with Crippen LogP contribution in [0.4, 0.5) is 5.69 Å². The second-order valence-electron chi connectivity index (χ2n) is 6.80. The van der Waals surface area contributed by atoms with Crippen molar-refractivity contribution in [1.82, 2.24) is 0 Å². The molecule has 0 atom stereocenters. The molecular weight excluding hydrogens is 374 g/mol. The van der Waals surface area contributed by atoms with Crippen LogP contribution in [0.2, 0.25) is 0 Å². The van der Waals surface area contributed by atoms with Crippen LogP contribution >= 0.6 is 0 Å². The second kappa shape index (κ2) is 8.53. The Morgan fingerprint density at radius 3 is 1.83 bits per heavy atom. The van der Waals surface area contributed by atoms with Crippen molar-refractivity contribution in [2.75, 3.05) is 7.11 Å². The van der Waals surface area contributed by atoms with Crippen molar-refractivity contribution in [3.05, 3.63) is 96.6 Å². The molecule has 4 nitrogen and oxygen atoms in total. The molecule has 148 valence electrons. The number of hydrogen-bond donors (Lipinski definition) is 2. The van der Waals surface area contributed by atoms with E-state index in [9.17, 15) is 10.2 Å². The van der Waals surface area contributed by atoms with Gasteiger partial charge in [-0.3, -0.25) is 4.99 Å². The van der Waals surface area contributed by atoms with Gasteiger partial charge in [0.1, 0.15) is 17.2 Å². The van der Waals surface area contributed by atoms with E-state index in [1.165, 1.54) is 0 Å². The third-order valence-corrected chi connectivity index (χ3v) is 4.85. The smallest absolute Gasteiger partial charge is 0.131 e. The maximum absolute atomic E-state index is 11.0. The maximum atomic E-state index is 11.0. The highest BCUT2D eigenvalue weighted by Crippen LogP contribution is 2.41. The van der Waals surface area contributed by atoms with Crippen molar-refractivity contribution in [1.29, 1.82) is 0 Å². The Kier molecular flexibility index (Phi) is 5.48. The lowest BCUT2D eigenvalue weighted by Crippen LogP contribution is -1.88. The molecule has 0 heterocycles. The van der Waals surface area contributed by atoms with Crippen LogP contribution in [-0.4, -0.2) is 23.5 Å². The van der Waals surface area contributed by atoms with Gasteiger partial charge >= 0.3 is 0 Å². The third kappa shape index (κ3) is 4.03. The lowest BCUT2D eigenvalue weighted by Gasteiger charge is -2.12. The molecule has 0 saturated carbocycles. The summed E-state index contributed by atoms with van der Waals surface area (Å²) in [6.07, 6.45) is 1.59. The number of ether oxygens (including phenoxy) is 1. The molecule has 4 heteroatoms. The van der Waals surface area contributed by atoms with E-state index in [-0.39, 0.29) is 11.5 Å². The fourth-order valence-corrected chi connectivity index (χ4v) is 3.28. The van der Waals surface area contributed by atoms with E-state index in [0.29, 0.717) is 28.1 Å². The van der Waals surface area contributed by atoms with Crippen molar-refractivity contribution in [2.24, 2.45) is 4.99 Å². The first kappa shape index (κ1) is 19.3. The standard InChI is InChI=1S/C26H21NO3/c1-30-22-12-13-25(28)20(14-22)17-27-21-15-23(18-8-4-2-5-9-18)26(29)24(16-21)19-10-6-3-7-11-19/h2-17,28-29H,1H3. The molecule has 0 radical (unpaired) electrons. The third-order valence-electron chi connectivity index (χ3n) is 4.85. The molecule has 0 bridgehead atoms. The number of phenols is 2. The molecule has 0 amide bonds. The van der Waals surface area contributed by atoms with Gasteiger partial charge in [0.25, 0.3) is 0 Å². The van der Waals surface area contributed by atoms with Crippen LogP contribution in [0.1, 0.15) is 5.56 Å². The molecule has 4 rings (SSSR count). The van der Waals surface area contributed by atoms with E-state index in [2.05, 4.69) is 4.99 Å². The normalized spacial score (nSPS) is 11.0. The van der Waals surface area contributed by atoms with E-state index < -0.39 is 0 Å². The molecule has 0 aliphatic heterocycles. The van der Waals surface area contributed by atoms with Gasteiger partial charge in [-0.25, -0.2) is 0 Å². The zero-order valence-electron chi connectivity index (χ0n) is 16.5. The largest absolute Gasteiger partial charge is 0.507 e. The Morgan fingerprint density at radius 1 is 0.733 bits per heavy atom. The topological polar surface area (TPSA) is 62.0 Å². The number of hydrogen-bond acceptors (Lipinski definition) is 4.